The van der Waals surface area contributed by atoms with Gasteiger partial charge in [0, 0.05) is 18.9 Å². The van der Waals surface area contributed by atoms with Crippen molar-refractivity contribution in [3.63, 3.8) is 0 Å². The minimum Gasteiger partial charge on any atom is -0.494 e. The average Bonchev–Trinajstić information content (AvgIpc) is 2.48. The highest BCUT2D eigenvalue weighted by atomic mass is 32.2. The first-order valence-electron chi connectivity index (χ1n) is 8.25. The Labute approximate surface area is 154 Å². The Morgan fingerprint density at radius 1 is 1.27 bits per heavy atom. The van der Waals surface area contributed by atoms with E-state index in [0.29, 0.717) is 36.4 Å². The Hall–Kier alpha value is -1.84. The van der Waals surface area contributed by atoms with Crippen LogP contribution in [0.15, 0.2) is 22.6 Å². The molecule has 1 rings (SSSR count). The molecule has 0 fully saturated rings. The van der Waals surface area contributed by atoms with E-state index in [1.54, 1.807) is 39.0 Å². The van der Waals surface area contributed by atoms with Crippen molar-refractivity contribution in [1.82, 2.24) is 0 Å². The molecule has 148 valence electrons. The number of benzene rings is 1. The van der Waals surface area contributed by atoms with Gasteiger partial charge >= 0.3 is 6.09 Å². The van der Waals surface area contributed by atoms with E-state index in [2.05, 4.69) is 4.36 Å². The summed E-state index contributed by atoms with van der Waals surface area (Å²) >= 11 is 0. The summed E-state index contributed by atoms with van der Waals surface area (Å²) in [6, 6.07) is 4.85. The standard InChI is InChI=1S/C17H28N2O6S/c1-17(2,3)25-16(21)19-26(4,23)12-13-9-14(18-22)11-15(10-13)24-8-6-5-7-20/h9-11,18,20,22H,5-8,12H2,1-4H3. The predicted octanol–water partition coefficient (Wildman–Crippen LogP) is 3.17. The van der Waals surface area contributed by atoms with E-state index in [1.165, 1.54) is 6.26 Å². The molecule has 9 heteroatoms. The van der Waals surface area contributed by atoms with Crippen molar-refractivity contribution in [3.8, 4) is 5.75 Å². The molecule has 26 heavy (non-hydrogen) atoms. The molecule has 0 aliphatic rings. The summed E-state index contributed by atoms with van der Waals surface area (Å²) in [5.74, 6) is 0.471. The molecule has 0 aliphatic heterocycles. The highest BCUT2D eigenvalue weighted by Crippen LogP contribution is 2.23. The topological polar surface area (TPSA) is 117 Å². The van der Waals surface area contributed by atoms with Crippen molar-refractivity contribution < 1.29 is 28.8 Å². The van der Waals surface area contributed by atoms with Gasteiger partial charge in [-0.05, 0) is 51.3 Å². The van der Waals surface area contributed by atoms with E-state index in [-0.39, 0.29) is 12.4 Å². The fraction of sp³-hybridized carbons (Fsp3) is 0.588. The van der Waals surface area contributed by atoms with Gasteiger partial charge in [-0.1, -0.05) is 0 Å². The normalized spacial score (nSPS) is 13.6. The molecule has 0 spiro atoms. The number of nitrogens with zero attached hydrogens (tertiary/aromatic N) is 1. The van der Waals surface area contributed by atoms with Gasteiger partial charge in [0.25, 0.3) is 0 Å². The molecule has 0 aromatic heterocycles. The number of anilines is 1. The Morgan fingerprint density at radius 3 is 2.54 bits per heavy atom. The maximum absolute atomic E-state index is 12.6. The number of aliphatic hydroxyl groups excluding tert-OH is 1. The van der Waals surface area contributed by atoms with Crippen molar-refractivity contribution in [1.29, 1.82) is 0 Å². The van der Waals surface area contributed by atoms with Crippen molar-refractivity contribution in [2.24, 2.45) is 4.36 Å². The molecular weight excluding hydrogens is 360 g/mol. The second kappa shape index (κ2) is 9.75. The molecule has 1 unspecified atom stereocenters. The van der Waals surface area contributed by atoms with Crippen LogP contribution in [0.5, 0.6) is 5.75 Å². The lowest BCUT2D eigenvalue weighted by molar-refractivity contribution is 0.0607. The smallest absolute Gasteiger partial charge is 0.442 e. The molecule has 0 saturated carbocycles. The zero-order chi connectivity index (χ0) is 19.8. The molecule has 1 amide bonds. The van der Waals surface area contributed by atoms with Crippen LogP contribution in [0.4, 0.5) is 10.5 Å². The van der Waals surface area contributed by atoms with Crippen LogP contribution in [-0.4, -0.2) is 45.7 Å². The SMILES string of the molecule is CC(C)(C)OC(=O)N=S(C)(=O)Cc1cc(NO)cc(OCCCCO)c1. The molecule has 0 bridgehead atoms. The summed E-state index contributed by atoms with van der Waals surface area (Å²) in [4.78, 5) is 11.8. The van der Waals surface area contributed by atoms with Crippen LogP contribution < -0.4 is 10.2 Å². The molecule has 8 nitrogen and oxygen atoms in total. The zero-order valence-electron chi connectivity index (χ0n) is 15.7. The summed E-state index contributed by atoms with van der Waals surface area (Å²) in [6.45, 7) is 5.60. The minimum atomic E-state index is -2.87. The molecule has 0 radical (unpaired) electrons. The number of amides is 1. The Morgan fingerprint density at radius 2 is 1.96 bits per heavy atom. The maximum Gasteiger partial charge on any atom is 0.442 e. The molecule has 0 heterocycles. The number of hydrogen-bond donors (Lipinski definition) is 3. The number of unbranched alkanes of at least 4 members (excludes halogenated alkanes) is 1. The van der Waals surface area contributed by atoms with E-state index in [1.807, 2.05) is 5.48 Å². The van der Waals surface area contributed by atoms with Gasteiger partial charge in [-0.2, -0.15) is 0 Å². The number of nitrogens with one attached hydrogen (secondary N) is 1. The first-order chi connectivity index (χ1) is 12.0. The first kappa shape index (κ1) is 22.2. The highest BCUT2D eigenvalue weighted by Gasteiger charge is 2.18. The fourth-order valence-electron chi connectivity index (χ4n) is 2.08. The third-order valence-electron chi connectivity index (χ3n) is 3.01. The monoisotopic (exact) mass is 388 g/mol. The Balaban J connectivity index is 2.92. The predicted molar refractivity (Wildman–Crippen MR) is 100 cm³/mol. The van der Waals surface area contributed by atoms with Crippen molar-refractivity contribution in [2.75, 3.05) is 24.9 Å². The second-order valence-electron chi connectivity index (χ2n) is 6.93. The van der Waals surface area contributed by atoms with Gasteiger partial charge in [0.1, 0.15) is 11.4 Å². The van der Waals surface area contributed by atoms with E-state index in [9.17, 15) is 9.00 Å². The van der Waals surface area contributed by atoms with Gasteiger partial charge in [-0.15, -0.1) is 4.36 Å². The number of carbonyl (C=O) groups is 1. The quantitative estimate of drug-likeness (QED) is 0.462. The third-order valence-corrected chi connectivity index (χ3v) is 4.42. The fourth-order valence-corrected chi connectivity index (χ4v) is 3.28. The number of ether oxygens (including phenoxy) is 2. The largest absolute Gasteiger partial charge is 0.494 e. The van der Waals surface area contributed by atoms with E-state index in [0.717, 1.165) is 0 Å². The third kappa shape index (κ3) is 9.02. The molecule has 0 aliphatic carbocycles. The van der Waals surface area contributed by atoms with Crippen LogP contribution in [0.25, 0.3) is 0 Å². The molecule has 1 aromatic carbocycles. The van der Waals surface area contributed by atoms with Crippen molar-refractivity contribution in [2.45, 2.75) is 45.0 Å². The van der Waals surface area contributed by atoms with Crippen LogP contribution in [0, 0.1) is 0 Å². The van der Waals surface area contributed by atoms with Crippen molar-refractivity contribution >= 4 is 21.5 Å². The number of carbonyl (C=O) groups excluding carboxylic acids is 1. The molecule has 1 atom stereocenters. The molecular formula is C17H28N2O6S. The summed E-state index contributed by atoms with van der Waals surface area (Å²) in [5, 5.41) is 17.9. The lowest BCUT2D eigenvalue weighted by atomic mass is 10.2. The lowest BCUT2D eigenvalue weighted by Gasteiger charge is -2.17. The van der Waals surface area contributed by atoms with Gasteiger partial charge in [-0.25, -0.2) is 9.00 Å². The molecule has 3 N–H and O–H groups in total. The molecule has 1 aromatic rings. The Bertz CT molecular complexity index is 720. The van der Waals surface area contributed by atoms with Gasteiger partial charge in [0.2, 0.25) is 0 Å². The lowest BCUT2D eigenvalue weighted by Crippen LogP contribution is -2.22. The van der Waals surface area contributed by atoms with Crippen LogP contribution in [0.2, 0.25) is 0 Å². The van der Waals surface area contributed by atoms with E-state index in [4.69, 9.17) is 19.8 Å². The average molecular weight is 388 g/mol. The van der Waals surface area contributed by atoms with E-state index < -0.39 is 21.4 Å². The summed E-state index contributed by atoms with van der Waals surface area (Å²) in [6.07, 6.45) is 1.81. The number of aliphatic hydroxyl groups is 1. The Kier molecular flexibility index (Phi) is 8.32. The molecule has 0 saturated heterocycles. The van der Waals surface area contributed by atoms with Crippen LogP contribution in [0.1, 0.15) is 39.2 Å². The zero-order valence-corrected chi connectivity index (χ0v) is 16.5. The van der Waals surface area contributed by atoms with Crippen molar-refractivity contribution in [3.05, 3.63) is 23.8 Å². The van der Waals surface area contributed by atoms with Gasteiger partial charge in [-0.3, -0.25) is 10.7 Å². The summed E-state index contributed by atoms with van der Waals surface area (Å²) < 4.78 is 27.0. The van der Waals surface area contributed by atoms with Gasteiger partial charge in [0.05, 0.1) is 27.8 Å². The highest BCUT2D eigenvalue weighted by molar-refractivity contribution is 7.92. The van der Waals surface area contributed by atoms with Crippen LogP contribution in [-0.2, 0) is 20.2 Å². The number of hydrogen-bond acceptors (Lipinski definition) is 7. The minimum absolute atomic E-state index is 0.00520. The first-order valence-corrected chi connectivity index (χ1v) is 10.3. The summed E-state index contributed by atoms with van der Waals surface area (Å²) in [5.41, 5.74) is 2.27. The van der Waals surface area contributed by atoms with Gasteiger partial charge in [0.15, 0.2) is 0 Å². The van der Waals surface area contributed by atoms with E-state index >= 15 is 0 Å². The van der Waals surface area contributed by atoms with Crippen LogP contribution >= 0.6 is 0 Å². The summed E-state index contributed by atoms with van der Waals surface area (Å²) in [7, 11) is -2.87. The second-order valence-corrected chi connectivity index (χ2v) is 9.32. The van der Waals surface area contributed by atoms with Gasteiger partial charge < -0.3 is 14.6 Å². The maximum atomic E-state index is 12.6. The number of rotatable bonds is 8. The van der Waals surface area contributed by atoms with Crippen LogP contribution in [0.3, 0.4) is 0 Å².